The van der Waals surface area contributed by atoms with E-state index in [4.69, 9.17) is 5.11 Å². The Morgan fingerprint density at radius 1 is 1.09 bits per heavy atom. The average Bonchev–Trinajstić information content (AvgIpc) is 3.20. The molecule has 8 heteroatoms. The Morgan fingerprint density at radius 3 is 2.55 bits per heavy atom. The molecule has 1 aromatic heterocycles. The van der Waals surface area contributed by atoms with Crippen LogP contribution in [0.25, 0.3) is 28.1 Å². The molecule has 0 unspecified atom stereocenters. The quantitative estimate of drug-likeness (QED) is 0.521. The van der Waals surface area contributed by atoms with E-state index in [0.29, 0.717) is 5.69 Å². The highest BCUT2D eigenvalue weighted by atomic mass is 32.2. The average molecular weight is 465 g/mol. The second kappa shape index (κ2) is 9.79. The van der Waals surface area contributed by atoms with Crippen molar-refractivity contribution in [3.8, 4) is 17.3 Å². The number of aliphatic hydroxyl groups excluding tert-OH is 1. The van der Waals surface area contributed by atoms with Gasteiger partial charge in [-0.25, -0.2) is 13.1 Å². The number of fused-ring (bicyclic) bond motifs is 1. The summed E-state index contributed by atoms with van der Waals surface area (Å²) in [5.41, 5.74) is 3.79. The molecule has 4 rings (SSSR count). The summed E-state index contributed by atoms with van der Waals surface area (Å²) in [5, 5.41) is 20.6. The minimum atomic E-state index is -3.97. The number of hydrogen-bond donors (Lipinski definition) is 2. The van der Waals surface area contributed by atoms with E-state index in [1.807, 2.05) is 17.7 Å². The molecular weight excluding hydrogens is 436 g/mol. The second-order valence-electron chi connectivity index (χ2n) is 8.24. The van der Waals surface area contributed by atoms with Crippen molar-refractivity contribution in [2.75, 3.05) is 31.1 Å². The zero-order valence-corrected chi connectivity index (χ0v) is 19.5. The van der Waals surface area contributed by atoms with Crippen molar-refractivity contribution in [3.63, 3.8) is 0 Å². The maximum Gasteiger partial charge on any atom is 0.250 e. The molecule has 2 aromatic carbocycles. The Hall–Kier alpha value is -3.12. The Bertz CT molecular complexity index is 1330. The standard InChI is InChI=1S/C25H28N4O3S/c1-28-22(17-24(18-26)33(31,32)27-11-14-30)9-10-25(28)21-6-5-20-16-23(8-7-19(20)15-21)29-12-3-2-4-13-29/h5-10,15-17,27,30H,2-4,11-14H2,1H3/b24-17+. The van der Waals surface area contributed by atoms with E-state index in [0.717, 1.165) is 29.7 Å². The second-order valence-corrected chi connectivity index (χ2v) is 9.97. The van der Waals surface area contributed by atoms with Crippen molar-refractivity contribution in [1.29, 1.82) is 5.26 Å². The van der Waals surface area contributed by atoms with Gasteiger partial charge in [-0.2, -0.15) is 5.26 Å². The molecule has 0 bridgehead atoms. The Morgan fingerprint density at radius 2 is 1.82 bits per heavy atom. The molecule has 33 heavy (non-hydrogen) atoms. The number of nitrogens with zero attached hydrogens (tertiary/aromatic N) is 3. The summed E-state index contributed by atoms with van der Waals surface area (Å²) in [5.74, 6) is 0. The first-order valence-corrected chi connectivity index (χ1v) is 12.6. The van der Waals surface area contributed by atoms with Gasteiger partial charge in [-0.15, -0.1) is 0 Å². The number of aromatic nitrogens is 1. The normalized spacial score (nSPS) is 15.1. The molecule has 1 fully saturated rings. The number of nitriles is 1. The molecule has 3 aromatic rings. The fourth-order valence-electron chi connectivity index (χ4n) is 4.27. The van der Waals surface area contributed by atoms with Gasteiger partial charge in [0.15, 0.2) is 4.91 Å². The van der Waals surface area contributed by atoms with Gasteiger partial charge in [-0.05, 0) is 72.0 Å². The van der Waals surface area contributed by atoms with Crippen LogP contribution in [0.15, 0.2) is 53.4 Å². The molecule has 172 valence electrons. The van der Waals surface area contributed by atoms with Gasteiger partial charge >= 0.3 is 0 Å². The first-order valence-electron chi connectivity index (χ1n) is 11.1. The Labute approximate surface area is 194 Å². The molecule has 0 saturated carbocycles. The third-order valence-corrected chi connectivity index (χ3v) is 7.46. The lowest BCUT2D eigenvalue weighted by molar-refractivity contribution is 0.301. The number of aliphatic hydroxyl groups is 1. The fraction of sp³-hybridized carbons (Fsp3) is 0.320. The molecule has 1 aliphatic heterocycles. The first kappa shape index (κ1) is 23.1. The first-order chi connectivity index (χ1) is 15.9. The van der Waals surface area contributed by atoms with Crippen molar-refractivity contribution in [2.45, 2.75) is 19.3 Å². The molecule has 0 radical (unpaired) electrons. The number of piperidine rings is 1. The predicted molar refractivity (Wildman–Crippen MR) is 132 cm³/mol. The Kier molecular flexibility index (Phi) is 6.84. The minimum Gasteiger partial charge on any atom is -0.395 e. The van der Waals surface area contributed by atoms with E-state index in [1.165, 1.54) is 36.4 Å². The molecule has 1 saturated heterocycles. The molecule has 1 aliphatic rings. The van der Waals surface area contributed by atoms with Crippen molar-refractivity contribution in [2.24, 2.45) is 7.05 Å². The molecule has 2 heterocycles. The highest BCUT2D eigenvalue weighted by Gasteiger charge is 2.18. The van der Waals surface area contributed by atoms with Gasteiger partial charge in [0.2, 0.25) is 0 Å². The van der Waals surface area contributed by atoms with E-state index < -0.39 is 14.9 Å². The minimum absolute atomic E-state index is 0.143. The van der Waals surface area contributed by atoms with Crippen LogP contribution in [-0.4, -0.2) is 44.3 Å². The number of hydrogen-bond acceptors (Lipinski definition) is 5. The number of anilines is 1. The lowest BCUT2D eigenvalue weighted by atomic mass is 10.0. The molecule has 0 atom stereocenters. The zero-order valence-electron chi connectivity index (χ0n) is 18.7. The maximum atomic E-state index is 12.3. The zero-order chi connectivity index (χ0) is 23.4. The molecular formula is C25H28N4O3S. The summed E-state index contributed by atoms with van der Waals surface area (Å²) < 4.78 is 28.6. The number of allylic oxidation sites excluding steroid dienone is 1. The summed E-state index contributed by atoms with van der Waals surface area (Å²) in [4.78, 5) is 2.05. The van der Waals surface area contributed by atoms with Gasteiger partial charge in [-0.1, -0.05) is 18.2 Å². The SMILES string of the molecule is Cn1c(/C=C(\C#N)S(=O)(=O)NCCO)ccc1-c1ccc2cc(N3CCCCC3)ccc2c1. The van der Waals surface area contributed by atoms with E-state index in [2.05, 4.69) is 46.0 Å². The smallest absolute Gasteiger partial charge is 0.250 e. The largest absolute Gasteiger partial charge is 0.395 e. The van der Waals surface area contributed by atoms with Crippen LogP contribution in [0.3, 0.4) is 0 Å². The van der Waals surface area contributed by atoms with Gasteiger partial charge in [0.25, 0.3) is 10.0 Å². The Balaban J connectivity index is 1.63. The van der Waals surface area contributed by atoms with Crippen LogP contribution in [0.1, 0.15) is 25.0 Å². The van der Waals surface area contributed by atoms with Crippen LogP contribution in [0.5, 0.6) is 0 Å². The van der Waals surface area contributed by atoms with Crippen molar-refractivity contribution in [1.82, 2.24) is 9.29 Å². The topological polar surface area (TPSA) is 98.4 Å². The molecule has 0 amide bonds. The third kappa shape index (κ3) is 4.96. The summed E-state index contributed by atoms with van der Waals surface area (Å²) in [6.45, 7) is 1.74. The lowest BCUT2D eigenvalue weighted by Crippen LogP contribution is -2.29. The summed E-state index contributed by atoms with van der Waals surface area (Å²) in [7, 11) is -2.13. The van der Waals surface area contributed by atoms with Crippen LogP contribution in [0.2, 0.25) is 0 Å². The van der Waals surface area contributed by atoms with E-state index in [-0.39, 0.29) is 13.2 Å². The van der Waals surface area contributed by atoms with Crippen molar-refractivity contribution in [3.05, 3.63) is 59.1 Å². The molecule has 0 aliphatic carbocycles. The predicted octanol–water partition coefficient (Wildman–Crippen LogP) is 3.61. The van der Waals surface area contributed by atoms with Crippen molar-refractivity contribution >= 4 is 32.6 Å². The van der Waals surface area contributed by atoms with Gasteiger partial charge < -0.3 is 14.6 Å². The number of sulfonamides is 1. The van der Waals surface area contributed by atoms with Crippen LogP contribution in [0.4, 0.5) is 5.69 Å². The molecule has 2 N–H and O–H groups in total. The van der Waals surface area contributed by atoms with E-state index >= 15 is 0 Å². The van der Waals surface area contributed by atoms with Gasteiger partial charge in [0, 0.05) is 43.8 Å². The van der Waals surface area contributed by atoms with Crippen LogP contribution in [-0.2, 0) is 17.1 Å². The summed E-state index contributed by atoms with van der Waals surface area (Å²) in [6.07, 6.45) is 5.14. The fourth-order valence-corrected chi connectivity index (χ4v) is 5.18. The monoisotopic (exact) mass is 464 g/mol. The lowest BCUT2D eigenvalue weighted by Gasteiger charge is -2.29. The highest BCUT2D eigenvalue weighted by molar-refractivity contribution is 7.93. The number of rotatable bonds is 7. The van der Waals surface area contributed by atoms with Gasteiger partial charge in [0.05, 0.1) is 6.61 Å². The van der Waals surface area contributed by atoms with E-state index in [9.17, 15) is 13.7 Å². The van der Waals surface area contributed by atoms with E-state index in [1.54, 1.807) is 12.1 Å². The third-order valence-electron chi connectivity index (χ3n) is 6.08. The summed E-state index contributed by atoms with van der Waals surface area (Å²) in [6, 6.07) is 18.3. The molecule has 0 spiro atoms. The van der Waals surface area contributed by atoms with Crippen LogP contribution >= 0.6 is 0 Å². The van der Waals surface area contributed by atoms with Crippen molar-refractivity contribution < 1.29 is 13.5 Å². The highest BCUT2D eigenvalue weighted by Crippen LogP contribution is 2.30. The summed E-state index contributed by atoms with van der Waals surface area (Å²) >= 11 is 0. The van der Waals surface area contributed by atoms with Crippen LogP contribution in [0, 0.1) is 11.3 Å². The number of nitrogens with one attached hydrogen (secondary N) is 1. The van der Waals surface area contributed by atoms with Gasteiger partial charge in [-0.3, -0.25) is 0 Å². The number of benzene rings is 2. The maximum absolute atomic E-state index is 12.3. The van der Waals surface area contributed by atoms with Crippen LogP contribution < -0.4 is 9.62 Å². The van der Waals surface area contributed by atoms with Gasteiger partial charge in [0.1, 0.15) is 6.07 Å². The molecule has 7 nitrogen and oxygen atoms in total.